The highest BCUT2D eigenvalue weighted by Crippen LogP contribution is 2.24. The van der Waals surface area contributed by atoms with E-state index in [1.165, 1.54) is 51.0 Å². The van der Waals surface area contributed by atoms with E-state index in [0.29, 0.717) is 23.2 Å². The van der Waals surface area contributed by atoms with Gasteiger partial charge in [0.15, 0.2) is 0 Å². The molecule has 1 aromatic heterocycles. The average Bonchev–Trinajstić information content (AvgIpc) is 3.13. The van der Waals surface area contributed by atoms with E-state index in [1.54, 1.807) is 16.9 Å². The first kappa shape index (κ1) is 21.0. The van der Waals surface area contributed by atoms with Crippen molar-refractivity contribution in [3.63, 3.8) is 0 Å². The molecule has 3 aromatic rings. The first-order valence-electron chi connectivity index (χ1n) is 10.9. The van der Waals surface area contributed by atoms with Crippen LogP contribution < -0.4 is 5.32 Å². The van der Waals surface area contributed by atoms with Gasteiger partial charge in [0, 0.05) is 28.7 Å². The molecule has 0 amide bonds. The molecular weight excluding hydrogens is 399 g/mol. The minimum atomic E-state index is -0.338. The van der Waals surface area contributed by atoms with E-state index in [-0.39, 0.29) is 12.4 Å². The highest BCUT2D eigenvalue weighted by Gasteiger charge is 2.17. The third-order valence-electron chi connectivity index (χ3n) is 5.80. The van der Waals surface area contributed by atoms with E-state index in [9.17, 15) is 4.39 Å². The molecule has 6 heteroatoms. The summed E-state index contributed by atoms with van der Waals surface area (Å²) in [6, 6.07) is 15.3. The molecule has 0 atom stereocenters. The van der Waals surface area contributed by atoms with E-state index >= 15 is 0 Å². The standard InChI is InChI=1S/C24H28ClFN4/c25-21-14-9-15-22(26)20(21)17-30-28-23(24(29-30)18-10-5-4-6-11-18)16-27-19-12-7-2-1-3-8-13-19/h4-6,9-11,14-15,19,27H,1-3,7-8,12-13,16-17H2. The summed E-state index contributed by atoms with van der Waals surface area (Å²) in [7, 11) is 0. The van der Waals surface area contributed by atoms with Crippen LogP contribution in [-0.2, 0) is 13.1 Å². The molecule has 0 radical (unpaired) electrons. The number of benzene rings is 2. The van der Waals surface area contributed by atoms with Gasteiger partial charge >= 0.3 is 0 Å². The van der Waals surface area contributed by atoms with Crippen molar-refractivity contribution in [3.05, 3.63) is 70.6 Å². The molecule has 158 valence electrons. The Labute approximate surface area is 182 Å². The largest absolute Gasteiger partial charge is 0.308 e. The molecule has 1 aliphatic rings. The van der Waals surface area contributed by atoms with Gasteiger partial charge in [-0.3, -0.25) is 0 Å². The molecule has 2 aromatic carbocycles. The van der Waals surface area contributed by atoms with Gasteiger partial charge in [-0.1, -0.05) is 80.1 Å². The summed E-state index contributed by atoms with van der Waals surface area (Å²) in [5.41, 5.74) is 3.14. The van der Waals surface area contributed by atoms with Crippen molar-refractivity contribution in [3.8, 4) is 11.3 Å². The molecule has 1 fully saturated rings. The predicted molar refractivity (Wildman–Crippen MR) is 119 cm³/mol. The van der Waals surface area contributed by atoms with E-state index < -0.39 is 0 Å². The second kappa shape index (κ2) is 10.2. The normalized spacial score (nSPS) is 15.7. The van der Waals surface area contributed by atoms with Gasteiger partial charge in [-0.05, 0) is 25.0 Å². The molecule has 1 aliphatic carbocycles. The van der Waals surface area contributed by atoms with E-state index in [1.807, 2.05) is 30.3 Å². The molecule has 4 nitrogen and oxygen atoms in total. The maximum absolute atomic E-state index is 14.3. The fraction of sp³-hybridized carbons (Fsp3) is 0.417. The highest BCUT2D eigenvalue weighted by atomic mass is 35.5. The maximum atomic E-state index is 14.3. The summed E-state index contributed by atoms with van der Waals surface area (Å²) in [5.74, 6) is -0.338. The zero-order chi connectivity index (χ0) is 20.8. The predicted octanol–water partition coefficient (Wildman–Crippen LogP) is 5.99. The van der Waals surface area contributed by atoms with Crippen LogP contribution in [0.1, 0.15) is 56.2 Å². The van der Waals surface area contributed by atoms with Gasteiger partial charge in [-0.15, -0.1) is 0 Å². The van der Waals surface area contributed by atoms with Crippen LogP contribution in [0.2, 0.25) is 5.02 Å². The molecular formula is C24H28ClFN4. The summed E-state index contributed by atoms with van der Waals surface area (Å²) in [4.78, 5) is 1.56. The quantitative estimate of drug-likeness (QED) is 0.526. The average molecular weight is 427 g/mol. The van der Waals surface area contributed by atoms with Gasteiger partial charge in [0.1, 0.15) is 17.2 Å². The molecule has 1 heterocycles. The lowest BCUT2D eigenvalue weighted by Gasteiger charge is -2.20. The van der Waals surface area contributed by atoms with Crippen LogP contribution in [0.15, 0.2) is 48.5 Å². The molecule has 1 N–H and O–H groups in total. The fourth-order valence-corrected chi connectivity index (χ4v) is 4.34. The number of nitrogens with zero attached hydrogens (tertiary/aromatic N) is 3. The second-order valence-electron chi connectivity index (χ2n) is 8.01. The molecule has 0 spiro atoms. The summed E-state index contributed by atoms with van der Waals surface area (Å²) >= 11 is 6.21. The van der Waals surface area contributed by atoms with Crippen LogP contribution in [0.25, 0.3) is 11.3 Å². The number of rotatable bonds is 6. The third-order valence-corrected chi connectivity index (χ3v) is 6.15. The van der Waals surface area contributed by atoms with Crippen LogP contribution in [0.3, 0.4) is 0 Å². The Bertz CT molecular complexity index is 929. The van der Waals surface area contributed by atoms with Crippen molar-refractivity contribution in [1.82, 2.24) is 20.3 Å². The van der Waals surface area contributed by atoms with Crippen LogP contribution in [0, 0.1) is 5.82 Å². The molecule has 0 saturated heterocycles. The minimum absolute atomic E-state index is 0.203. The second-order valence-corrected chi connectivity index (χ2v) is 8.42. The van der Waals surface area contributed by atoms with Crippen molar-refractivity contribution in [1.29, 1.82) is 0 Å². The maximum Gasteiger partial charge on any atom is 0.129 e. The molecule has 0 aliphatic heterocycles. The summed E-state index contributed by atoms with van der Waals surface area (Å²) in [5, 5.41) is 13.5. The Morgan fingerprint density at radius 3 is 2.40 bits per heavy atom. The van der Waals surface area contributed by atoms with E-state index in [4.69, 9.17) is 21.8 Å². The first-order chi connectivity index (χ1) is 14.7. The number of nitrogens with one attached hydrogen (secondary N) is 1. The van der Waals surface area contributed by atoms with Gasteiger partial charge in [0.25, 0.3) is 0 Å². The highest BCUT2D eigenvalue weighted by molar-refractivity contribution is 6.31. The van der Waals surface area contributed by atoms with Crippen molar-refractivity contribution in [2.45, 2.75) is 64.1 Å². The Morgan fingerprint density at radius 1 is 0.933 bits per heavy atom. The Hall–Kier alpha value is -2.24. The molecule has 0 unspecified atom stereocenters. The lowest BCUT2D eigenvalue weighted by Crippen LogP contribution is -2.29. The number of halogens is 2. The van der Waals surface area contributed by atoms with E-state index in [2.05, 4.69) is 5.32 Å². The van der Waals surface area contributed by atoms with Gasteiger partial charge in [-0.25, -0.2) is 4.39 Å². The van der Waals surface area contributed by atoms with Crippen LogP contribution in [-0.4, -0.2) is 21.0 Å². The van der Waals surface area contributed by atoms with E-state index in [0.717, 1.165) is 17.0 Å². The van der Waals surface area contributed by atoms with Crippen molar-refractivity contribution < 1.29 is 4.39 Å². The Morgan fingerprint density at radius 2 is 1.67 bits per heavy atom. The summed E-state index contributed by atoms with van der Waals surface area (Å²) in [6.07, 6.45) is 8.99. The SMILES string of the molecule is Fc1cccc(Cl)c1Cn1nc(CNC2CCCCCCC2)c(-c2ccccc2)n1. The molecule has 4 rings (SSSR count). The monoisotopic (exact) mass is 426 g/mol. The molecule has 1 saturated carbocycles. The van der Waals surface area contributed by atoms with Crippen LogP contribution in [0.5, 0.6) is 0 Å². The number of hydrogen-bond acceptors (Lipinski definition) is 3. The fourth-order valence-electron chi connectivity index (χ4n) is 4.12. The van der Waals surface area contributed by atoms with Gasteiger partial charge in [-0.2, -0.15) is 15.0 Å². The summed E-state index contributed by atoms with van der Waals surface area (Å²) in [6.45, 7) is 0.856. The topological polar surface area (TPSA) is 42.7 Å². The lowest BCUT2D eigenvalue weighted by molar-refractivity contribution is 0.387. The third kappa shape index (κ3) is 5.27. The van der Waals surface area contributed by atoms with Gasteiger partial charge in [0.05, 0.1) is 6.54 Å². The van der Waals surface area contributed by atoms with Crippen LogP contribution >= 0.6 is 11.6 Å². The van der Waals surface area contributed by atoms with Crippen molar-refractivity contribution in [2.75, 3.05) is 0 Å². The minimum Gasteiger partial charge on any atom is -0.308 e. The Kier molecular flexibility index (Phi) is 7.13. The van der Waals surface area contributed by atoms with Gasteiger partial charge < -0.3 is 5.32 Å². The zero-order valence-corrected chi connectivity index (χ0v) is 17.9. The Balaban J connectivity index is 1.56. The summed E-state index contributed by atoms with van der Waals surface area (Å²) < 4.78 is 14.3. The lowest BCUT2D eigenvalue weighted by atomic mass is 9.96. The van der Waals surface area contributed by atoms with Crippen molar-refractivity contribution >= 4 is 11.6 Å². The molecule has 30 heavy (non-hydrogen) atoms. The first-order valence-corrected chi connectivity index (χ1v) is 11.2. The van der Waals surface area contributed by atoms with Crippen molar-refractivity contribution in [2.24, 2.45) is 0 Å². The zero-order valence-electron chi connectivity index (χ0n) is 17.2. The number of hydrogen-bond donors (Lipinski definition) is 1. The molecule has 0 bridgehead atoms. The van der Waals surface area contributed by atoms with Gasteiger partial charge in [0.2, 0.25) is 0 Å². The smallest absolute Gasteiger partial charge is 0.129 e. The van der Waals surface area contributed by atoms with Crippen LogP contribution in [0.4, 0.5) is 4.39 Å². The number of aromatic nitrogens is 3.